The fraction of sp³-hybridized carbons (Fsp3) is 0.667. The first-order valence-electron chi connectivity index (χ1n) is 5.92. The molecular formula is C12H19N3O2S. The molecule has 0 aromatic carbocycles. The molecule has 6 heteroatoms. The van der Waals surface area contributed by atoms with Crippen LogP contribution in [0.1, 0.15) is 18.4 Å². The van der Waals surface area contributed by atoms with Crippen LogP contribution < -0.4 is 14.8 Å². The van der Waals surface area contributed by atoms with E-state index in [2.05, 4.69) is 21.5 Å². The second kappa shape index (κ2) is 5.75. The Labute approximate surface area is 112 Å². The Kier molecular flexibility index (Phi) is 4.29. The number of nitrogens with zero attached hydrogens (tertiary/aromatic N) is 2. The van der Waals surface area contributed by atoms with Crippen LogP contribution >= 0.6 is 11.8 Å². The molecular weight excluding hydrogens is 250 g/mol. The van der Waals surface area contributed by atoms with Crippen LogP contribution in [-0.4, -0.2) is 41.7 Å². The molecule has 2 rings (SSSR count). The van der Waals surface area contributed by atoms with E-state index < -0.39 is 0 Å². The first-order valence-corrected chi connectivity index (χ1v) is 7.15. The number of nitrogens with one attached hydrogen (secondary N) is 1. The van der Waals surface area contributed by atoms with Crippen molar-refractivity contribution < 1.29 is 9.47 Å². The lowest BCUT2D eigenvalue weighted by Crippen LogP contribution is -2.26. The van der Waals surface area contributed by atoms with Gasteiger partial charge >= 0.3 is 0 Å². The Bertz CT molecular complexity index is 388. The SMILES string of the molecule is COc1ncnc(OC)c1CNCC1(SC)CC1. The van der Waals surface area contributed by atoms with Gasteiger partial charge in [0.1, 0.15) is 6.33 Å². The van der Waals surface area contributed by atoms with Crippen molar-refractivity contribution in [2.24, 2.45) is 0 Å². The van der Waals surface area contributed by atoms with Crippen molar-refractivity contribution in [1.29, 1.82) is 0 Å². The summed E-state index contributed by atoms with van der Waals surface area (Å²) in [6.07, 6.45) is 6.20. The molecule has 5 nitrogen and oxygen atoms in total. The minimum Gasteiger partial charge on any atom is -0.481 e. The maximum absolute atomic E-state index is 5.24. The maximum Gasteiger partial charge on any atom is 0.224 e. The third kappa shape index (κ3) is 2.87. The van der Waals surface area contributed by atoms with Crippen LogP contribution in [0.2, 0.25) is 0 Å². The molecule has 0 radical (unpaired) electrons. The molecule has 0 saturated heterocycles. The smallest absolute Gasteiger partial charge is 0.224 e. The second-order valence-electron chi connectivity index (χ2n) is 4.36. The Morgan fingerprint density at radius 1 is 1.28 bits per heavy atom. The van der Waals surface area contributed by atoms with E-state index in [0.29, 0.717) is 23.1 Å². The molecule has 0 amide bonds. The van der Waals surface area contributed by atoms with Crippen LogP contribution in [0.15, 0.2) is 6.33 Å². The van der Waals surface area contributed by atoms with Gasteiger partial charge in [0.05, 0.1) is 19.8 Å². The Balaban J connectivity index is 1.99. The third-order valence-corrected chi connectivity index (χ3v) is 4.66. The number of methoxy groups -OCH3 is 2. The lowest BCUT2D eigenvalue weighted by Gasteiger charge is -2.15. The number of hydrogen-bond acceptors (Lipinski definition) is 6. The minimum atomic E-state index is 0.441. The van der Waals surface area contributed by atoms with Crippen LogP contribution in [0.5, 0.6) is 11.8 Å². The quantitative estimate of drug-likeness (QED) is 0.809. The van der Waals surface area contributed by atoms with Crippen LogP contribution in [0.3, 0.4) is 0 Å². The third-order valence-electron chi connectivity index (χ3n) is 3.24. The molecule has 0 unspecified atom stereocenters. The molecule has 1 saturated carbocycles. The minimum absolute atomic E-state index is 0.441. The van der Waals surface area contributed by atoms with Crippen molar-refractivity contribution in [3.05, 3.63) is 11.9 Å². The van der Waals surface area contributed by atoms with E-state index in [0.717, 1.165) is 12.1 Å². The van der Waals surface area contributed by atoms with Gasteiger partial charge in [0, 0.05) is 17.8 Å². The largest absolute Gasteiger partial charge is 0.481 e. The Morgan fingerprint density at radius 2 is 1.89 bits per heavy atom. The average molecular weight is 269 g/mol. The Hall–Kier alpha value is -1.01. The molecule has 1 N–H and O–H groups in total. The van der Waals surface area contributed by atoms with Crippen molar-refractivity contribution in [3.8, 4) is 11.8 Å². The van der Waals surface area contributed by atoms with E-state index in [1.165, 1.54) is 19.2 Å². The number of ether oxygens (including phenoxy) is 2. The van der Waals surface area contributed by atoms with Crippen molar-refractivity contribution >= 4 is 11.8 Å². The highest BCUT2D eigenvalue weighted by Crippen LogP contribution is 2.46. The van der Waals surface area contributed by atoms with E-state index in [-0.39, 0.29) is 0 Å². The van der Waals surface area contributed by atoms with E-state index >= 15 is 0 Å². The summed E-state index contributed by atoms with van der Waals surface area (Å²) < 4.78 is 10.9. The van der Waals surface area contributed by atoms with Crippen LogP contribution in [0.25, 0.3) is 0 Å². The highest BCUT2D eigenvalue weighted by molar-refractivity contribution is 8.00. The fourth-order valence-corrected chi connectivity index (χ4v) is 2.65. The summed E-state index contributed by atoms with van der Waals surface area (Å²) in [6.45, 7) is 1.66. The molecule has 0 atom stereocenters. The van der Waals surface area contributed by atoms with E-state index in [1.54, 1.807) is 14.2 Å². The molecule has 18 heavy (non-hydrogen) atoms. The summed E-state index contributed by atoms with van der Waals surface area (Å²) in [5.41, 5.74) is 0.874. The summed E-state index contributed by atoms with van der Waals surface area (Å²) in [5, 5.41) is 3.44. The van der Waals surface area contributed by atoms with Crippen LogP contribution in [-0.2, 0) is 6.54 Å². The zero-order chi connectivity index (χ0) is 13.0. The lowest BCUT2D eigenvalue weighted by molar-refractivity contribution is 0.359. The first-order chi connectivity index (χ1) is 8.74. The summed E-state index contributed by atoms with van der Waals surface area (Å²) in [7, 11) is 3.21. The Morgan fingerprint density at radius 3 is 2.33 bits per heavy atom. The topological polar surface area (TPSA) is 56.3 Å². The highest BCUT2D eigenvalue weighted by Gasteiger charge is 2.41. The second-order valence-corrected chi connectivity index (χ2v) is 5.64. The van der Waals surface area contributed by atoms with Crippen molar-refractivity contribution in [2.45, 2.75) is 24.1 Å². The summed E-state index contributed by atoms with van der Waals surface area (Å²) in [6, 6.07) is 0. The molecule has 100 valence electrons. The van der Waals surface area contributed by atoms with E-state index in [1.807, 2.05) is 11.8 Å². The first kappa shape index (κ1) is 13.4. The predicted octanol–water partition coefficient (Wildman–Crippen LogP) is 1.48. The van der Waals surface area contributed by atoms with Crippen LogP contribution in [0.4, 0.5) is 0 Å². The molecule has 0 spiro atoms. The fourth-order valence-electron chi connectivity index (χ4n) is 1.89. The molecule has 1 aliphatic carbocycles. The van der Waals surface area contributed by atoms with Gasteiger partial charge in [-0.25, -0.2) is 9.97 Å². The number of hydrogen-bond donors (Lipinski definition) is 1. The number of rotatable bonds is 7. The van der Waals surface area contributed by atoms with Gasteiger partial charge < -0.3 is 14.8 Å². The zero-order valence-corrected chi connectivity index (χ0v) is 11.8. The molecule has 1 aromatic heterocycles. The lowest BCUT2D eigenvalue weighted by atomic mass is 10.3. The van der Waals surface area contributed by atoms with E-state index in [4.69, 9.17) is 9.47 Å². The van der Waals surface area contributed by atoms with Crippen molar-refractivity contribution in [3.63, 3.8) is 0 Å². The van der Waals surface area contributed by atoms with Gasteiger partial charge in [-0.15, -0.1) is 0 Å². The van der Waals surface area contributed by atoms with Gasteiger partial charge in [-0.1, -0.05) is 0 Å². The van der Waals surface area contributed by atoms with Gasteiger partial charge in [0.25, 0.3) is 0 Å². The van der Waals surface area contributed by atoms with Gasteiger partial charge in [0.2, 0.25) is 11.8 Å². The summed E-state index contributed by atoms with van der Waals surface area (Å²) in [5.74, 6) is 1.15. The maximum atomic E-state index is 5.24. The molecule has 1 aliphatic rings. The molecule has 1 aromatic rings. The molecule has 0 bridgehead atoms. The monoisotopic (exact) mass is 269 g/mol. The van der Waals surface area contributed by atoms with Gasteiger partial charge in [-0.05, 0) is 19.1 Å². The molecule has 1 fully saturated rings. The summed E-state index contributed by atoms with van der Waals surface area (Å²) >= 11 is 1.94. The molecule has 1 heterocycles. The van der Waals surface area contributed by atoms with Crippen LogP contribution in [0, 0.1) is 0 Å². The van der Waals surface area contributed by atoms with Crippen molar-refractivity contribution in [2.75, 3.05) is 27.0 Å². The van der Waals surface area contributed by atoms with E-state index in [9.17, 15) is 0 Å². The van der Waals surface area contributed by atoms with Gasteiger partial charge in [-0.2, -0.15) is 11.8 Å². The number of aromatic nitrogens is 2. The summed E-state index contributed by atoms with van der Waals surface area (Å²) in [4.78, 5) is 8.20. The van der Waals surface area contributed by atoms with Gasteiger partial charge in [-0.3, -0.25) is 0 Å². The highest BCUT2D eigenvalue weighted by atomic mass is 32.2. The standard InChI is InChI=1S/C12H19N3O2S/c1-16-10-9(11(17-2)15-8-14-10)6-13-7-12(18-3)4-5-12/h8,13H,4-7H2,1-3H3. The normalized spacial score (nSPS) is 16.4. The molecule has 0 aliphatic heterocycles. The zero-order valence-electron chi connectivity index (χ0n) is 11.0. The van der Waals surface area contributed by atoms with Crippen molar-refractivity contribution in [1.82, 2.24) is 15.3 Å². The average Bonchev–Trinajstić information content (AvgIpc) is 3.19. The number of thioether (sulfide) groups is 1. The van der Waals surface area contributed by atoms with Gasteiger partial charge in [0.15, 0.2) is 0 Å². The predicted molar refractivity (Wildman–Crippen MR) is 72.3 cm³/mol.